The maximum atomic E-state index is 12.1. The normalized spacial score (nSPS) is 17.4. The van der Waals surface area contributed by atoms with Crippen molar-refractivity contribution in [3.63, 3.8) is 0 Å². The van der Waals surface area contributed by atoms with Crippen LogP contribution in [-0.4, -0.2) is 58.1 Å². The molecule has 3 aromatic rings. The summed E-state index contributed by atoms with van der Waals surface area (Å²) >= 11 is 0. The van der Waals surface area contributed by atoms with Crippen LogP contribution in [0.4, 0.5) is 5.82 Å². The van der Waals surface area contributed by atoms with E-state index >= 15 is 0 Å². The summed E-state index contributed by atoms with van der Waals surface area (Å²) in [6, 6.07) is 13.5. The van der Waals surface area contributed by atoms with Crippen molar-refractivity contribution in [3.8, 4) is 5.75 Å². The third kappa shape index (κ3) is 4.28. The summed E-state index contributed by atoms with van der Waals surface area (Å²) in [6.07, 6.45) is 8.92. The highest BCUT2D eigenvalue weighted by molar-refractivity contribution is 5.89. The molecule has 8 nitrogen and oxygen atoms in total. The van der Waals surface area contributed by atoms with Crippen LogP contribution in [0, 0.1) is 0 Å². The van der Waals surface area contributed by atoms with Crippen molar-refractivity contribution >= 4 is 35.0 Å². The van der Waals surface area contributed by atoms with Gasteiger partial charge in [-0.05, 0) is 24.3 Å². The zero-order chi connectivity index (χ0) is 21.0. The van der Waals surface area contributed by atoms with Gasteiger partial charge in [0.25, 0.3) is 5.91 Å². The van der Waals surface area contributed by atoms with Crippen molar-refractivity contribution < 1.29 is 9.53 Å². The van der Waals surface area contributed by atoms with Crippen LogP contribution in [0.5, 0.6) is 5.75 Å². The van der Waals surface area contributed by atoms with E-state index in [0.29, 0.717) is 11.6 Å². The SMILES string of the molecule is O=C1CN2C=CN(/C=c3\ccccc3=Nc3ncnc4ccc(cc34)OCC=N1)CC2. The van der Waals surface area contributed by atoms with Gasteiger partial charge in [-0.2, -0.15) is 0 Å². The van der Waals surface area contributed by atoms with E-state index in [1.165, 1.54) is 12.5 Å². The van der Waals surface area contributed by atoms with Crippen LogP contribution in [0.2, 0.25) is 0 Å². The summed E-state index contributed by atoms with van der Waals surface area (Å²) < 4.78 is 5.75. The Balaban J connectivity index is 1.67. The van der Waals surface area contributed by atoms with Gasteiger partial charge < -0.3 is 14.5 Å². The number of para-hydroxylation sites is 1. The topological polar surface area (TPSA) is 83.3 Å². The molecule has 0 aliphatic carbocycles. The maximum absolute atomic E-state index is 12.1. The van der Waals surface area contributed by atoms with Gasteiger partial charge in [0, 0.05) is 48.5 Å². The molecule has 8 heteroatoms. The molecule has 0 atom stereocenters. The number of amides is 1. The Kier molecular flexibility index (Phi) is 5.10. The summed E-state index contributed by atoms with van der Waals surface area (Å²) in [7, 11) is 0. The van der Waals surface area contributed by atoms with Crippen molar-refractivity contribution in [2.75, 3.05) is 26.2 Å². The lowest BCUT2D eigenvalue weighted by molar-refractivity contribution is -0.118. The molecule has 2 aromatic carbocycles. The molecular formula is C23H20N6O2. The molecule has 0 spiro atoms. The number of carbonyl (C=O) groups is 1. The lowest BCUT2D eigenvalue weighted by Crippen LogP contribution is -2.36. The molecule has 154 valence electrons. The van der Waals surface area contributed by atoms with Gasteiger partial charge >= 0.3 is 0 Å². The third-order valence-electron chi connectivity index (χ3n) is 5.07. The van der Waals surface area contributed by atoms with Crippen LogP contribution in [0.1, 0.15) is 0 Å². The molecule has 0 unspecified atom stereocenters. The minimum Gasteiger partial charge on any atom is -0.488 e. The highest BCUT2D eigenvalue weighted by atomic mass is 16.5. The van der Waals surface area contributed by atoms with Crippen molar-refractivity contribution in [1.29, 1.82) is 0 Å². The predicted octanol–water partition coefficient (Wildman–Crippen LogP) is 1.40. The first-order valence-corrected chi connectivity index (χ1v) is 10.0. The molecule has 0 radical (unpaired) electrons. The number of fused-ring (bicyclic) bond motifs is 5. The third-order valence-corrected chi connectivity index (χ3v) is 5.07. The fourth-order valence-corrected chi connectivity index (χ4v) is 3.49. The van der Waals surface area contributed by atoms with E-state index in [-0.39, 0.29) is 19.1 Å². The standard InChI is InChI=1S/C23H20N6O2/c30-22-15-29-10-8-28(9-11-29)14-17-3-1-2-4-20(17)27-23-19-13-18(31-12-7-24-22)5-6-21(19)25-16-26-23/h1-8,10,13-14,16H,9,11-12,15H2/b17-14+,24-7?,27-20?. The van der Waals surface area contributed by atoms with E-state index in [1.807, 2.05) is 66.0 Å². The zero-order valence-electron chi connectivity index (χ0n) is 16.8. The highest BCUT2D eigenvalue weighted by Crippen LogP contribution is 2.25. The molecular weight excluding hydrogens is 392 g/mol. The second-order valence-electron chi connectivity index (χ2n) is 7.20. The fraction of sp³-hybridized carbons (Fsp3) is 0.174. The number of carbonyl (C=O) groups excluding carboxylic acids is 1. The lowest BCUT2D eigenvalue weighted by Gasteiger charge is -2.28. The number of aromatic nitrogens is 2. The Morgan fingerprint density at radius 1 is 1.00 bits per heavy atom. The zero-order valence-corrected chi connectivity index (χ0v) is 16.8. The Bertz CT molecular complexity index is 1320. The van der Waals surface area contributed by atoms with Gasteiger partial charge in [0.2, 0.25) is 0 Å². The number of hydrogen-bond donors (Lipinski definition) is 0. The van der Waals surface area contributed by atoms with Crippen LogP contribution >= 0.6 is 0 Å². The molecule has 1 amide bonds. The molecule has 1 aromatic heterocycles. The quantitative estimate of drug-likeness (QED) is 0.555. The van der Waals surface area contributed by atoms with Gasteiger partial charge in [0.1, 0.15) is 18.7 Å². The van der Waals surface area contributed by atoms with Gasteiger partial charge in [0.15, 0.2) is 5.82 Å². The lowest BCUT2D eigenvalue weighted by atomic mass is 10.2. The average Bonchev–Trinajstić information content (AvgIpc) is 2.79. The monoisotopic (exact) mass is 412 g/mol. The van der Waals surface area contributed by atoms with Crippen LogP contribution in [-0.2, 0) is 4.79 Å². The first-order valence-electron chi connectivity index (χ1n) is 10.0. The van der Waals surface area contributed by atoms with Gasteiger partial charge in [-0.15, -0.1) is 0 Å². The van der Waals surface area contributed by atoms with E-state index < -0.39 is 0 Å². The Hall–Kier alpha value is -4.07. The second-order valence-corrected chi connectivity index (χ2v) is 7.20. The van der Waals surface area contributed by atoms with Gasteiger partial charge in [-0.25, -0.2) is 20.0 Å². The molecule has 3 aliphatic rings. The molecule has 0 N–H and O–H groups in total. The Morgan fingerprint density at radius 2 is 1.94 bits per heavy atom. The molecule has 4 bridgehead atoms. The number of hydrogen-bond acceptors (Lipinski definition) is 7. The second kappa shape index (κ2) is 8.35. The summed E-state index contributed by atoms with van der Waals surface area (Å²) in [6.45, 7) is 1.91. The first-order chi connectivity index (χ1) is 15.2. The molecule has 31 heavy (non-hydrogen) atoms. The van der Waals surface area contributed by atoms with E-state index in [1.54, 1.807) is 0 Å². The summed E-state index contributed by atoms with van der Waals surface area (Å²) in [5.74, 6) is 1.00. The Morgan fingerprint density at radius 3 is 2.84 bits per heavy atom. The van der Waals surface area contributed by atoms with Crippen LogP contribution in [0.3, 0.4) is 0 Å². The summed E-state index contributed by atoms with van der Waals surface area (Å²) in [5, 5.41) is 2.58. The van der Waals surface area contributed by atoms with E-state index in [4.69, 9.17) is 9.73 Å². The number of nitrogens with zero attached hydrogens (tertiary/aromatic N) is 6. The fourth-order valence-electron chi connectivity index (χ4n) is 3.49. The first kappa shape index (κ1) is 18.9. The minimum absolute atomic E-state index is 0.193. The Labute approximate surface area is 178 Å². The van der Waals surface area contributed by atoms with Gasteiger partial charge in [-0.1, -0.05) is 18.2 Å². The predicted molar refractivity (Wildman–Crippen MR) is 117 cm³/mol. The molecule has 3 aliphatic heterocycles. The summed E-state index contributed by atoms with van der Waals surface area (Å²) in [4.78, 5) is 33.7. The summed E-state index contributed by atoms with van der Waals surface area (Å²) in [5.41, 5.74) is 0.778. The number of aliphatic imine (C=N–C) groups is 1. The number of benzene rings is 2. The maximum Gasteiger partial charge on any atom is 0.264 e. The van der Waals surface area contributed by atoms with E-state index in [9.17, 15) is 4.79 Å². The van der Waals surface area contributed by atoms with Crippen molar-refractivity contribution in [2.24, 2.45) is 9.98 Å². The van der Waals surface area contributed by atoms with Crippen molar-refractivity contribution in [1.82, 2.24) is 19.8 Å². The molecule has 0 saturated carbocycles. The largest absolute Gasteiger partial charge is 0.488 e. The van der Waals surface area contributed by atoms with Crippen molar-refractivity contribution in [2.45, 2.75) is 0 Å². The van der Waals surface area contributed by atoms with Crippen molar-refractivity contribution in [3.05, 3.63) is 71.8 Å². The molecule has 4 heterocycles. The molecule has 0 saturated heterocycles. The number of ether oxygens (including phenoxy) is 1. The van der Waals surface area contributed by atoms with Gasteiger partial charge in [0.05, 0.1) is 17.4 Å². The number of rotatable bonds is 0. The molecule has 6 rings (SSSR count). The van der Waals surface area contributed by atoms with Crippen LogP contribution < -0.4 is 15.3 Å². The van der Waals surface area contributed by atoms with E-state index in [0.717, 1.165) is 34.6 Å². The van der Waals surface area contributed by atoms with Crippen LogP contribution in [0.25, 0.3) is 17.1 Å². The average molecular weight is 412 g/mol. The highest BCUT2D eigenvalue weighted by Gasteiger charge is 2.12. The van der Waals surface area contributed by atoms with Crippen LogP contribution in [0.15, 0.2) is 71.2 Å². The van der Waals surface area contributed by atoms with Gasteiger partial charge in [-0.3, -0.25) is 4.79 Å². The smallest absolute Gasteiger partial charge is 0.264 e. The van der Waals surface area contributed by atoms with E-state index in [2.05, 4.69) is 19.9 Å². The molecule has 0 fully saturated rings. The minimum atomic E-state index is -0.204.